The van der Waals surface area contributed by atoms with Gasteiger partial charge in [-0.3, -0.25) is 4.79 Å². The maximum Gasteiger partial charge on any atom is 0.255 e. The highest BCUT2D eigenvalue weighted by Gasteiger charge is 2.14. The molecule has 6 heteroatoms. The first-order valence-electron chi connectivity index (χ1n) is 9.37. The lowest BCUT2D eigenvalue weighted by molar-refractivity contribution is 0.102. The van der Waals surface area contributed by atoms with Gasteiger partial charge in [0.05, 0.1) is 12.8 Å². The Hall–Kier alpha value is -3.41. The molecule has 0 radical (unpaired) electrons. The van der Waals surface area contributed by atoms with Crippen LogP contribution in [0.3, 0.4) is 0 Å². The summed E-state index contributed by atoms with van der Waals surface area (Å²) in [4.78, 5) is 14.7. The van der Waals surface area contributed by atoms with Gasteiger partial charge in [-0.1, -0.05) is 12.1 Å². The van der Waals surface area contributed by atoms with E-state index in [1.165, 1.54) is 12.8 Å². The zero-order chi connectivity index (χ0) is 19.3. The highest BCUT2D eigenvalue weighted by Crippen LogP contribution is 2.23. The first-order valence-corrected chi connectivity index (χ1v) is 9.37. The van der Waals surface area contributed by atoms with Crippen molar-refractivity contribution in [3.05, 3.63) is 66.2 Å². The van der Waals surface area contributed by atoms with Crippen molar-refractivity contribution in [2.75, 3.05) is 30.4 Å². The van der Waals surface area contributed by atoms with Gasteiger partial charge in [0.1, 0.15) is 5.75 Å². The zero-order valence-corrected chi connectivity index (χ0v) is 15.8. The molecule has 0 aliphatic carbocycles. The molecule has 0 saturated carbocycles. The van der Waals surface area contributed by atoms with Crippen LogP contribution in [0.2, 0.25) is 0 Å². The fraction of sp³-hybridized carbons (Fsp3) is 0.227. The number of hydrogen-bond donors (Lipinski definition) is 1. The number of carbonyl (C=O) groups is 1. The number of nitrogens with zero attached hydrogens (tertiary/aromatic N) is 3. The Kier molecular flexibility index (Phi) is 5.19. The Labute approximate surface area is 164 Å². The van der Waals surface area contributed by atoms with Crippen molar-refractivity contribution < 1.29 is 9.53 Å². The van der Waals surface area contributed by atoms with E-state index in [-0.39, 0.29) is 5.91 Å². The van der Waals surface area contributed by atoms with Crippen LogP contribution in [0.15, 0.2) is 60.7 Å². The summed E-state index contributed by atoms with van der Waals surface area (Å²) in [6, 6.07) is 18.6. The van der Waals surface area contributed by atoms with Gasteiger partial charge in [-0.15, -0.1) is 10.2 Å². The molecule has 0 spiro atoms. The van der Waals surface area contributed by atoms with Crippen LogP contribution in [0.4, 0.5) is 11.5 Å². The topological polar surface area (TPSA) is 67.3 Å². The monoisotopic (exact) mass is 374 g/mol. The summed E-state index contributed by atoms with van der Waals surface area (Å²) in [5, 5.41) is 11.7. The molecule has 2 aromatic carbocycles. The van der Waals surface area contributed by atoms with Crippen LogP contribution >= 0.6 is 0 Å². The fourth-order valence-corrected chi connectivity index (χ4v) is 3.30. The smallest absolute Gasteiger partial charge is 0.255 e. The molecule has 1 aromatic heterocycles. The SMILES string of the molecule is COc1ccc(C(=O)Nc2cccc(-c3ccc(N4CCCC4)nn3)c2)cc1. The second-order valence-electron chi connectivity index (χ2n) is 6.73. The Morgan fingerprint density at radius 1 is 1.00 bits per heavy atom. The highest BCUT2D eigenvalue weighted by molar-refractivity contribution is 6.04. The third-order valence-electron chi connectivity index (χ3n) is 4.85. The lowest BCUT2D eigenvalue weighted by Gasteiger charge is -2.15. The van der Waals surface area contributed by atoms with E-state index in [1.54, 1.807) is 31.4 Å². The van der Waals surface area contributed by atoms with E-state index in [4.69, 9.17) is 4.74 Å². The number of hydrogen-bond acceptors (Lipinski definition) is 5. The van der Waals surface area contributed by atoms with Gasteiger partial charge in [0.15, 0.2) is 5.82 Å². The van der Waals surface area contributed by atoms with E-state index in [1.807, 2.05) is 36.4 Å². The van der Waals surface area contributed by atoms with Crippen molar-refractivity contribution in [3.63, 3.8) is 0 Å². The number of nitrogens with one attached hydrogen (secondary N) is 1. The average molecular weight is 374 g/mol. The third-order valence-corrected chi connectivity index (χ3v) is 4.85. The van der Waals surface area contributed by atoms with Crippen LogP contribution in [-0.2, 0) is 0 Å². The summed E-state index contributed by atoms with van der Waals surface area (Å²) in [6.45, 7) is 2.09. The number of rotatable bonds is 5. The molecular formula is C22H22N4O2. The predicted molar refractivity (Wildman–Crippen MR) is 110 cm³/mol. The molecule has 0 unspecified atom stereocenters. The quantitative estimate of drug-likeness (QED) is 0.731. The number of anilines is 2. The van der Waals surface area contributed by atoms with E-state index in [9.17, 15) is 4.79 Å². The molecule has 0 atom stereocenters. The molecule has 6 nitrogen and oxygen atoms in total. The molecule has 1 N–H and O–H groups in total. The summed E-state index contributed by atoms with van der Waals surface area (Å²) < 4.78 is 5.13. The summed E-state index contributed by atoms with van der Waals surface area (Å²) in [5.41, 5.74) is 2.97. The van der Waals surface area contributed by atoms with E-state index in [0.29, 0.717) is 11.3 Å². The summed E-state index contributed by atoms with van der Waals surface area (Å²) in [5.74, 6) is 1.47. The standard InChI is InChI=1S/C22H22N4O2/c1-28-19-9-7-16(8-10-19)22(27)23-18-6-4-5-17(15-18)20-11-12-21(25-24-20)26-13-2-3-14-26/h4-12,15H,2-3,13-14H2,1H3,(H,23,27). The average Bonchev–Trinajstić information content (AvgIpc) is 3.29. The Bertz CT molecular complexity index is 949. The van der Waals surface area contributed by atoms with Gasteiger partial charge in [0, 0.05) is 29.9 Å². The maximum atomic E-state index is 12.5. The maximum absolute atomic E-state index is 12.5. The lowest BCUT2D eigenvalue weighted by Crippen LogP contribution is -2.19. The van der Waals surface area contributed by atoms with Crippen LogP contribution in [0.1, 0.15) is 23.2 Å². The Morgan fingerprint density at radius 3 is 2.46 bits per heavy atom. The highest BCUT2D eigenvalue weighted by atomic mass is 16.5. The molecule has 1 aliphatic rings. The molecule has 3 aromatic rings. The molecule has 1 aliphatic heterocycles. The van der Waals surface area contributed by atoms with Gasteiger partial charge >= 0.3 is 0 Å². The van der Waals surface area contributed by atoms with E-state index < -0.39 is 0 Å². The molecule has 4 rings (SSSR count). The van der Waals surface area contributed by atoms with Crippen molar-refractivity contribution in [2.45, 2.75) is 12.8 Å². The van der Waals surface area contributed by atoms with Crippen molar-refractivity contribution in [3.8, 4) is 17.0 Å². The molecule has 2 heterocycles. The lowest BCUT2D eigenvalue weighted by atomic mass is 10.1. The second kappa shape index (κ2) is 8.08. The molecule has 1 amide bonds. The second-order valence-corrected chi connectivity index (χ2v) is 6.73. The number of benzene rings is 2. The molecule has 0 bridgehead atoms. The van der Waals surface area contributed by atoms with Gasteiger partial charge in [-0.2, -0.15) is 0 Å². The minimum atomic E-state index is -0.171. The minimum Gasteiger partial charge on any atom is -0.497 e. The van der Waals surface area contributed by atoms with Gasteiger partial charge in [0.25, 0.3) is 5.91 Å². The number of aromatic nitrogens is 2. The predicted octanol–water partition coefficient (Wildman–Crippen LogP) is 4.00. The van der Waals surface area contributed by atoms with Crippen LogP contribution < -0.4 is 15.0 Å². The first kappa shape index (κ1) is 18.0. The number of amides is 1. The molecule has 142 valence electrons. The fourth-order valence-electron chi connectivity index (χ4n) is 3.30. The van der Waals surface area contributed by atoms with Crippen LogP contribution in [-0.4, -0.2) is 36.3 Å². The van der Waals surface area contributed by atoms with Gasteiger partial charge in [-0.25, -0.2) is 0 Å². The van der Waals surface area contributed by atoms with E-state index in [0.717, 1.165) is 35.9 Å². The number of ether oxygens (including phenoxy) is 1. The van der Waals surface area contributed by atoms with Gasteiger partial charge in [0.2, 0.25) is 0 Å². The minimum absolute atomic E-state index is 0.171. The van der Waals surface area contributed by atoms with Crippen LogP contribution in [0.5, 0.6) is 5.75 Å². The summed E-state index contributed by atoms with van der Waals surface area (Å²) in [6.07, 6.45) is 2.42. The van der Waals surface area contributed by atoms with E-state index in [2.05, 4.69) is 20.4 Å². The molecule has 28 heavy (non-hydrogen) atoms. The zero-order valence-electron chi connectivity index (χ0n) is 15.8. The molecular weight excluding hydrogens is 352 g/mol. The van der Waals surface area contributed by atoms with Gasteiger partial charge in [-0.05, 0) is 61.4 Å². The van der Waals surface area contributed by atoms with Crippen molar-refractivity contribution >= 4 is 17.4 Å². The normalized spacial score (nSPS) is 13.4. The number of methoxy groups -OCH3 is 1. The van der Waals surface area contributed by atoms with Crippen LogP contribution in [0, 0.1) is 0 Å². The summed E-state index contributed by atoms with van der Waals surface area (Å²) >= 11 is 0. The van der Waals surface area contributed by atoms with Crippen molar-refractivity contribution in [1.82, 2.24) is 10.2 Å². The van der Waals surface area contributed by atoms with Crippen molar-refractivity contribution in [2.24, 2.45) is 0 Å². The van der Waals surface area contributed by atoms with Crippen LogP contribution in [0.25, 0.3) is 11.3 Å². The first-order chi connectivity index (χ1) is 13.7. The summed E-state index contributed by atoms with van der Waals surface area (Å²) in [7, 11) is 1.60. The molecule has 1 saturated heterocycles. The Morgan fingerprint density at radius 2 is 1.79 bits per heavy atom. The van der Waals surface area contributed by atoms with Gasteiger partial charge < -0.3 is 15.0 Å². The van der Waals surface area contributed by atoms with E-state index >= 15 is 0 Å². The number of carbonyl (C=O) groups excluding carboxylic acids is 1. The van der Waals surface area contributed by atoms with Crippen molar-refractivity contribution in [1.29, 1.82) is 0 Å². The third kappa shape index (κ3) is 3.96. The Balaban J connectivity index is 1.48. The largest absolute Gasteiger partial charge is 0.497 e. The molecule has 1 fully saturated rings.